The van der Waals surface area contributed by atoms with Crippen LogP contribution in [0.4, 0.5) is 0 Å². The Morgan fingerprint density at radius 1 is 1.37 bits per heavy atom. The number of unbranched alkanes of at least 4 members (excludes halogenated alkanes) is 1. The number of nitrogens with one attached hydrogen (secondary N) is 1. The minimum absolute atomic E-state index is 0.0526. The van der Waals surface area contributed by atoms with Crippen LogP contribution in [0.15, 0.2) is 0 Å². The highest BCUT2D eigenvalue weighted by atomic mass is 16.2. The van der Waals surface area contributed by atoms with Crippen molar-refractivity contribution in [2.75, 3.05) is 6.54 Å². The molecule has 4 unspecified atom stereocenters. The van der Waals surface area contributed by atoms with Crippen molar-refractivity contribution in [1.82, 2.24) is 10.2 Å². The number of nitrogens with zero attached hydrogens (tertiary/aromatic N) is 1. The third-order valence-electron chi connectivity index (χ3n) is 4.38. The summed E-state index contributed by atoms with van der Waals surface area (Å²) >= 11 is 0. The van der Waals surface area contributed by atoms with Gasteiger partial charge in [-0.05, 0) is 40.0 Å². The fourth-order valence-electron chi connectivity index (χ4n) is 3.14. The lowest BCUT2D eigenvalue weighted by Crippen LogP contribution is -2.52. The van der Waals surface area contributed by atoms with E-state index < -0.39 is 0 Å². The fourth-order valence-corrected chi connectivity index (χ4v) is 3.14. The van der Waals surface area contributed by atoms with Crippen LogP contribution in [-0.4, -0.2) is 41.5 Å². The van der Waals surface area contributed by atoms with Crippen molar-refractivity contribution in [3.63, 3.8) is 0 Å². The smallest absolute Gasteiger partial charge is 0.237 e. The number of rotatable bonds is 7. The van der Waals surface area contributed by atoms with E-state index in [0.717, 1.165) is 19.3 Å². The molecule has 4 atom stereocenters. The molecule has 0 aliphatic carbocycles. The van der Waals surface area contributed by atoms with E-state index >= 15 is 0 Å². The first kappa shape index (κ1) is 16.4. The SMILES string of the molecule is CCCCC(CN)NC(=O)C(C)N1C(C)CCC1C. The molecule has 1 amide bonds. The van der Waals surface area contributed by atoms with Gasteiger partial charge in [0.2, 0.25) is 5.91 Å². The van der Waals surface area contributed by atoms with Crippen LogP contribution < -0.4 is 11.1 Å². The zero-order valence-corrected chi connectivity index (χ0v) is 13.0. The lowest BCUT2D eigenvalue weighted by molar-refractivity contribution is -0.127. The number of amides is 1. The Balaban J connectivity index is 2.51. The maximum Gasteiger partial charge on any atom is 0.237 e. The van der Waals surface area contributed by atoms with E-state index in [4.69, 9.17) is 5.73 Å². The zero-order chi connectivity index (χ0) is 14.4. The summed E-state index contributed by atoms with van der Waals surface area (Å²) in [4.78, 5) is 14.7. The highest BCUT2D eigenvalue weighted by Gasteiger charge is 2.34. The Morgan fingerprint density at radius 2 is 1.95 bits per heavy atom. The minimum atomic E-state index is -0.0526. The zero-order valence-electron chi connectivity index (χ0n) is 13.0. The lowest BCUT2D eigenvalue weighted by atomic mass is 10.1. The predicted octanol–water partition coefficient (Wildman–Crippen LogP) is 1.88. The summed E-state index contributed by atoms with van der Waals surface area (Å²) in [7, 11) is 0. The van der Waals surface area contributed by atoms with Crippen LogP contribution in [-0.2, 0) is 4.79 Å². The number of hydrogen-bond donors (Lipinski definition) is 2. The number of likely N-dealkylation sites (tertiary alicyclic amines) is 1. The molecule has 112 valence electrons. The van der Waals surface area contributed by atoms with Crippen LogP contribution in [0.3, 0.4) is 0 Å². The summed E-state index contributed by atoms with van der Waals surface area (Å²) in [6.07, 6.45) is 5.62. The van der Waals surface area contributed by atoms with Crippen molar-refractivity contribution in [3.8, 4) is 0 Å². The third kappa shape index (κ3) is 4.46. The highest BCUT2D eigenvalue weighted by Crippen LogP contribution is 2.25. The maximum atomic E-state index is 12.3. The van der Waals surface area contributed by atoms with Crippen LogP contribution in [0.1, 0.15) is 59.8 Å². The summed E-state index contributed by atoms with van der Waals surface area (Å²) in [6, 6.07) is 1.08. The maximum absolute atomic E-state index is 12.3. The van der Waals surface area contributed by atoms with Crippen molar-refractivity contribution >= 4 is 5.91 Å². The van der Waals surface area contributed by atoms with Crippen molar-refractivity contribution in [2.45, 2.75) is 84.0 Å². The van der Waals surface area contributed by atoms with Gasteiger partial charge in [-0.15, -0.1) is 0 Å². The molecule has 1 heterocycles. The van der Waals surface area contributed by atoms with Crippen LogP contribution in [0.5, 0.6) is 0 Å². The Morgan fingerprint density at radius 3 is 2.42 bits per heavy atom. The third-order valence-corrected chi connectivity index (χ3v) is 4.38. The summed E-state index contributed by atoms with van der Waals surface area (Å²) in [5, 5.41) is 3.11. The van der Waals surface area contributed by atoms with Gasteiger partial charge in [0.15, 0.2) is 0 Å². The van der Waals surface area contributed by atoms with Gasteiger partial charge in [0.05, 0.1) is 6.04 Å². The molecule has 0 aromatic carbocycles. The Kier molecular flexibility index (Phi) is 6.80. The van der Waals surface area contributed by atoms with Gasteiger partial charge < -0.3 is 11.1 Å². The Labute approximate surface area is 118 Å². The fraction of sp³-hybridized carbons (Fsp3) is 0.933. The standard InChI is InChI=1S/C15H31N3O/c1-5-6-7-14(10-16)17-15(19)13(4)18-11(2)8-9-12(18)3/h11-14H,5-10,16H2,1-4H3,(H,17,19). The van der Waals surface area contributed by atoms with Crippen LogP contribution in [0.2, 0.25) is 0 Å². The molecule has 4 heteroatoms. The summed E-state index contributed by atoms with van der Waals surface area (Å²) in [5.41, 5.74) is 5.74. The molecule has 19 heavy (non-hydrogen) atoms. The molecule has 1 fully saturated rings. The van der Waals surface area contributed by atoms with Gasteiger partial charge in [-0.2, -0.15) is 0 Å². The van der Waals surface area contributed by atoms with Gasteiger partial charge in [0, 0.05) is 24.7 Å². The van der Waals surface area contributed by atoms with Crippen LogP contribution in [0, 0.1) is 0 Å². The highest BCUT2D eigenvalue weighted by molar-refractivity contribution is 5.81. The molecule has 3 N–H and O–H groups in total. The molecule has 1 aliphatic heterocycles. The molecule has 1 saturated heterocycles. The molecule has 0 radical (unpaired) electrons. The van der Waals surface area contributed by atoms with Crippen LogP contribution in [0.25, 0.3) is 0 Å². The molecule has 0 aromatic rings. The van der Waals surface area contributed by atoms with Crippen molar-refractivity contribution < 1.29 is 4.79 Å². The Bertz CT molecular complexity index is 273. The second-order valence-corrected chi connectivity index (χ2v) is 5.98. The summed E-state index contributed by atoms with van der Waals surface area (Å²) in [5.74, 6) is 0.132. The van der Waals surface area contributed by atoms with Gasteiger partial charge in [0.1, 0.15) is 0 Å². The minimum Gasteiger partial charge on any atom is -0.351 e. The second-order valence-electron chi connectivity index (χ2n) is 5.98. The van der Waals surface area contributed by atoms with E-state index in [1.165, 1.54) is 12.8 Å². The summed E-state index contributed by atoms with van der Waals surface area (Å²) < 4.78 is 0. The number of hydrogen-bond acceptors (Lipinski definition) is 3. The van der Waals surface area contributed by atoms with Crippen molar-refractivity contribution in [1.29, 1.82) is 0 Å². The molecule has 0 aromatic heterocycles. The van der Waals surface area contributed by atoms with E-state index in [1.807, 2.05) is 6.92 Å². The first-order valence-electron chi connectivity index (χ1n) is 7.79. The molecular formula is C15H31N3O. The van der Waals surface area contributed by atoms with E-state index in [-0.39, 0.29) is 18.0 Å². The summed E-state index contributed by atoms with van der Waals surface area (Å²) in [6.45, 7) is 9.13. The van der Waals surface area contributed by atoms with Crippen molar-refractivity contribution in [3.05, 3.63) is 0 Å². The van der Waals surface area contributed by atoms with Crippen LogP contribution >= 0.6 is 0 Å². The quantitative estimate of drug-likeness (QED) is 0.742. The van der Waals surface area contributed by atoms with Gasteiger partial charge >= 0.3 is 0 Å². The van der Waals surface area contributed by atoms with Gasteiger partial charge in [-0.25, -0.2) is 0 Å². The van der Waals surface area contributed by atoms with Crippen molar-refractivity contribution in [2.24, 2.45) is 5.73 Å². The molecule has 4 nitrogen and oxygen atoms in total. The lowest BCUT2D eigenvalue weighted by Gasteiger charge is -2.32. The van der Waals surface area contributed by atoms with E-state index in [9.17, 15) is 4.79 Å². The Hall–Kier alpha value is -0.610. The monoisotopic (exact) mass is 269 g/mol. The van der Waals surface area contributed by atoms with Gasteiger partial charge in [-0.3, -0.25) is 9.69 Å². The largest absolute Gasteiger partial charge is 0.351 e. The van der Waals surface area contributed by atoms with Gasteiger partial charge in [0.25, 0.3) is 0 Å². The predicted molar refractivity (Wildman–Crippen MR) is 80.0 cm³/mol. The van der Waals surface area contributed by atoms with E-state index in [1.54, 1.807) is 0 Å². The molecule has 0 spiro atoms. The molecule has 0 saturated carbocycles. The first-order chi connectivity index (χ1) is 9.01. The van der Waals surface area contributed by atoms with Gasteiger partial charge in [-0.1, -0.05) is 19.8 Å². The first-order valence-corrected chi connectivity index (χ1v) is 7.79. The second kappa shape index (κ2) is 7.85. The molecule has 0 bridgehead atoms. The van der Waals surface area contributed by atoms with E-state index in [0.29, 0.717) is 18.6 Å². The topological polar surface area (TPSA) is 58.4 Å². The molecular weight excluding hydrogens is 238 g/mol. The average Bonchev–Trinajstić information content (AvgIpc) is 2.73. The number of carbonyl (C=O) groups excluding carboxylic acids is 1. The normalized spacial score (nSPS) is 27.2. The number of carbonyl (C=O) groups is 1. The number of nitrogens with two attached hydrogens (primary N) is 1. The average molecular weight is 269 g/mol. The van der Waals surface area contributed by atoms with E-state index in [2.05, 4.69) is 31.0 Å². The molecule has 1 aliphatic rings. The molecule has 1 rings (SSSR count).